The van der Waals surface area contributed by atoms with Crippen molar-refractivity contribution >= 4 is 17.8 Å². The summed E-state index contributed by atoms with van der Waals surface area (Å²) in [6, 6.07) is 5.95. The number of nitro benzene ring substituents is 1. The minimum atomic E-state index is -4.60. The number of alkyl halides is 3. The number of rotatable bonds is 5. The van der Waals surface area contributed by atoms with Crippen LogP contribution in [0.5, 0.6) is 11.5 Å². The molecule has 0 atom stereocenters. The van der Waals surface area contributed by atoms with Gasteiger partial charge >= 0.3 is 11.9 Å². The van der Waals surface area contributed by atoms with Gasteiger partial charge in [-0.25, -0.2) is 5.43 Å². The molecule has 0 unspecified atom stereocenters. The summed E-state index contributed by atoms with van der Waals surface area (Å²) in [6.07, 6.45) is -3.58. The predicted molar refractivity (Wildman–Crippen MR) is 87.8 cm³/mol. The van der Waals surface area contributed by atoms with Crippen molar-refractivity contribution in [2.24, 2.45) is 5.10 Å². The van der Waals surface area contributed by atoms with Crippen LogP contribution in [-0.4, -0.2) is 29.3 Å². The summed E-state index contributed by atoms with van der Waals surface area (Å²) in [5, 5.41) is 24.1. The van der Waals surface area contributed by atoms with Crippen LogP contribution < -0.4 is 10.2 Å². The van der Waals surface area contributed by atoms with Gasteiger partial charge in [0, 0.05) is 17.2 Å². The highest BCUT2D eigenvalue weighted by molar-refractivity contribution is 5.95. The van der Waals surface area contributed by atoms with Gasteiger partial charge in [-0.2, -0.15) is 18.3 Å². The molecule has 2 aromatic carbocycles. The number of phenols is 1. The number of ether oxygens (including phenoxy) is 1. The molecule has 8 nitrogen and oxygen atoms in total. The molecule has 11 heteroatoms. The average Bonchev–Trinajstić information content (AvgIpc) is 2.61. The van der Waals surface area contributed by atoms with Crippen molar-refractivity contribution in [1.82, 2.24) is 5.43 Å². The first-order chi connectivity index (χ1) is 12.6. The zero-order valence-electron chi connectivity index (χ0n) is 13.6. The number of amides is 1. The summed E-state index contributed by atoms with van der Waals surface area (Å²) in [5.41, 5.74) is 0.234. The number of carbonyl (C=O) groups excluding carboxylic acids is 1. The molecule has 0 aliphatic carbocycles. The Labute approximate surface area is 150 Å². The zero-order valence-corrected chi connectivity index (χ0v) is 13.6. The molecule has 0 radical (unpaired) electrons. The standard InChI is InChI=1S/C16H12F3N3O5/c1-27-13-6-9(5-12(14(13)23)22(25)26)8-20-21-15(24)10-3-2-4-11(7-10)16(17,18)19/h2-8,23H,1H3,(H,21,24)/b20-8+. The molecule has 0 aliphatic heterocycles. The molecule has 2 rings (SSSR count). The van der Waals surface area contributed by atoms with Crippen LogP contribution >= 0.6 is 0 Å². The van der Waals surface area contributed by atoms with Crippen LogP contribution in [0.4, 0.5) is 18.9 Å². The largest absolute Gasteiger partial charge is 0.500 e. The van der Waals surface area contributed by atoms with Gasteiger partial charge in [0.2, 0.25) is 5.75 Å². The lowest BCUT2D eigenvalue weighted by molar-refractivity contribution is -0.386. The van der Waals surface area contributed by atoms with Crippen LogP contribution in [-0.2, 0) is 6.18 Å². The van der Waals surface area contributed by atoms with Gasteiger partial charge in [0.25, 0.3) is 5.91 Å². The van der Waals surface area contributed by atoms with E-state index in [4.69, 9.17) is 4.74 Å². The molecule has 0 heterocycles. The van der Waals surface area contributed by atoms with Gasteiger partial charge in [0.05, 0.1) is 23.8 Å². The van der Waals surface area contributed by atoms with E-state index in [1.54, 1.807) is 0 Å². The number of hydrazone groups is 1. The van der Waals surface area contributed by atoms with Gasteiger partial charge in [0.1, 0.15) is 0 Å². The Morgan fingerprint density at radius 2 is 2.04 bits per heavy atom. The van der Waals surface area contributed by atoms with E-state index in [1.807, 2.05) is 5.43 Å². The van der Waals surface area contributed by atoms with E-state index in [-0.39, 0.29) is 16.9 Å². The van der Waals surface area contributed by atoms with Gasteiger partial charge in [0.15, 0.2) is 5.75 Å². The van der Waals surface area contributed by atoms with Crippen LogP contribution in [0.15, 0.2) is 41.5 Å². The van der Waals surface area contributed by atoms with E-state index >= 15 is 0 Å². The van der Waals surface area contributed by atoms with Crippen molar-refractivity contribution in [3.63, 3.8) is 0 Å². The Morgan fingerprint density at radius 3 is 2.63 bits per heavy atom. The fourth-order valence-electron chi connectivity index (χ4n) is 2.05. The number of phenolic OH excluding ortho intramolecular Hbond substituents is 1. The number of benzene rings is 2. The second-order valence-corrected chi connectivity index (χ2v) is 5.13. The number of nitro groups is 1. The Balaban J connectivity index is 2.19. The molecule has 0 bridgehead atoms. The topological polar surface area (TPSA) is 114 Å². The number of hydrogen-bond donors (Lipinski definition) is 2. The molecule has 1 amide bonds. The summed E-state index contributed by atoms with van der Waals surface area (Å²) in [5.74, 6) is -1.76. The van der Waals surface area contributed by atoms with Crippen LogP contribution in [0.2, 0.25) is 0 Å². The van der Waals surface area contributed by atoms with Crippen LogP contribution in [0.1, 0.15) is 21.5 Å². The molecule has 2 N–H and O–H groups in total. The lowest BCUT2D eigenvalue weighted by Crippen LogP contribution is -2.18. The molecule has 0 aromatic heterocycles. The third-order valence-electron chi connectivity index (χ3n) is 3.33. The first-order valence-corrected chi connectivity index (χ1v) is 7.19. The smallest absolute Gasteiger partial charge is 0.416 e. The molecule has 27 heavy (non-hydrogen) atoms. The monoisotopic (exact) mass is 383 g/mol. The predicted octanol–water partition coefficient (Wildman–Crippen LogP) is 3.09. The fourth-order valence-corrected chi connectivity index (χ4v) is 2.05. The highest BCUT2D eigenvalue weighted by atomic mass is 19.4. The Hall–Kier alpha value is -3.63. The van der Waals surface area contributed by atoms with E-state index in [9.17, 15) is 33.2 Å². The Kier molecular flexibility index (Phi) is 5.63. The third kappa shape index (κ3) is 4.71. The van der Waals surface area contributed by atoms with E-state index in [0.29, 0.717) is 6.07 Å². The maximum atomic E-state index is 12.7. The van der Waals surface area contributed by atoms with Crippen molar-refractivity contribution < 1.29 is 32.7 Å². The summed E-state index contributed by atoms with van der Waals surface area (Å²) < 4.78 is 42.8. The summed E-state index contributed by atoms with van der Waals surface area (Å²) in [6.45, 7) is 0. The normalized spacial score (nSPS) is 11.4. The number of nitrogens with zero attached hydrogens (tertiary/aromatic N) is 2. The van der Waals surface area contributed by atoms with Crippen molar-refractivity contribution in [1.29, 1.82) is 0 Å². The number of nitrogens with one attached hydrogen (secondary N) is 1. The highest BCUT2D eigenvalue weighted by Crippen LogP contribution is 2.36. The third-order valence-corrected chi connectivity index (χ3v) is 3.33. The van der Waals surface area contributed by atoms with Crippen LogP contribution in [0.3, 0.4) is 0 Å². The van der Waals surface area contributed by atoms with Crippen molar-refractivity contribution in [2.75, 3.05) is 7.11 Å². The van der Waals surface area contributed by atoms with E-state index < -0.39 is 34.0 Å². The van der Waals surface area contributed by atoms with Gasteiger partial charge in [-0.1, -0.05) is 6.07 Å². The molecular formula is C16H12F3N3O5. The number of carbonyl (C=O) groups is 1. The number of aromatic hydroxyl groups is 1. The molecule has 0 saturated heterocycles. The maximum absolute atomic E-state index is 12.7. The fraction of sp³-hybridized carbons (Fsp3) is 0.125. The molecule has 0 aliphatic rings. The van der Waals surface area contributed by atoms with E-state index in [2.05, 4.69) is 5.10 Å². The molecular weight excluding hydrogens is 371 g/mol. The molecule has 0 spiro atoms. The van der Waals surface area contributed by atoms with Gasteiger partial charge in [-0.3, -0.25) is 14.9 Å². The molecule has 2 aromatic rings. The number of halogens is 3. The molecule has 0 fully saturated rings. The number of methoxy groups -OCH3 is 1. The van der Waals surface area contributed by atoms with Crippen molar-refractivity contribution in [2.45, 2.75) is 6.18 Å². The maximum Gasteiger partial charge on any atom is 0.416 e. The molecule has 142 valence electrons. The quantitative estimate of drug-likeness (QED) is 0.468. The SMILES string of the molecule is COc1cc(/C=N/NC(=O)c2cccc(C(F)(F)F)c2)cc([N+](=O)[O-])c1O. The average molecular weight is 383 g/mol. The highest BCUT2D eigenvalue weighted by Gasteiger charge is 2.30. The zero-order chi connectivity index (χ0) is 20.2. The lowest BCUT2D eigenvalue weighted by Gasteiger charge is -2.07. The van der Waals surface area contributed by atoms with Gasteiger partial charge < -0.3 is 9.84 Å². The molecule has 0 saturated carbocycles. The van der Waals surface area contributed by atoms with Crippen molar-refractivity contribution in [3.05, 3.63) is 63.2 Å². The first-order valence-electron chi connectivity index (χ1n) is 7.19. The van der Waals surface area contributed by atoms with E-state index in [1.165, 1.54) is 19.2 Å². The number of hydrogen-bond acceptors (Lipinski definition) is 6. The summed E-state index contributed by atoms with van der Waals surface area (Å²) in [4.78, 5) is 22.0. The van der Waals surface area contributed by atoms with Crippen molar-refractivity contribution in [3.8, 4) is 11.5 Å². The Morgan fingerprint density at radius 1 is 1.33 bits per heavy atom. The minimum Gasteiger partial charge on any atom is -0.500 e. The minimum absolute atomic E-state index is 0.112. The first kappa shape index (κ1) is 19.7. The lowest BCUT2D eigenvalue weighted by atomic mass is 10.1. The summed E-state index contributed by atoms with van der Waals surface area (Å²) >= 11 is 0. The van der Waals surface area contributed by atoms with E-state index in [0.717, 1.165) is 24.4 Å². The summed E-state index contributed by atoms with van der Waals surface area (Å²) in [7, 11) is 1.19. The van der Waals surface area contributed by atoms with Crippen LogP contribution in [0, 0.1) is 10.1 Å². The second-order valence-electron chi connectivity index (χ2n) is 5.13. The van der Waals surface area contributed by atoms with Crippen LogP contribution in [0.25, 0.3) is 0 Å². The van der Waals surface area contributed by atoms with Gasteiger partial charge in [-0.15, -0.1) is 0 Å². The Bertz CT molecular complexity index is 913. The van der Waals surface area contributed by atoms with Gasteiger partial charge in [-0.05, 0) is 24.3 Å². The second kappa shape index (κ2) is 7.72.